The van der Waals surface area contributed by atoms with Crippen molar-refractivity contribution in [2.75, 3.05) is 5.32 Å². The highest BCUT2D eigenvalue weighted by atomic mass is 35.5. The van der Waals surface area contributed by atoms with E-state index in [2.05, 4.69) is 15.3 Å². The van der Waals surface area contributed by atoms with Gasteiger partial charge in [-0.1, -0.05) is 23.7 Å². The van der Waals surface area contributed by atoms with Gasteiger partial charge in [-0.2, -0.15) is 0 Å². The van der Waals surface area contributed by atoms with Crippen molar-refractivity contribution in [1.29, 1.82) is 0 Å². The molecule has 3 aromatic rings. The number of hydrogen-bond donors (Lipinski definition) is 1. The quantitative estimate of drug-likeness (QED) is 0.767. The van der Waals surface area contributed by atoms with Gasteiger partial charge < -0.3 is 5.32 Å². The third-order valence-corrected chi connectivity index (χ3v) is 4.38. The molecule has 7 heteroatoms. The van der Waals surface area contributed by atoms with E-state index < -0.39 is 0 Å². The number of rotatable bonds is 4. The molecule has 1 aromatic carbocycles. The van der Waals surface area contributed by atoms with Crippen LogP contribution < -0.4 is 10.9 Å². The van der Waals surface area contributed by atoms with E-state index in [0.29, 0.717) is 27.9 Å². The topological polar surface area (TPSA) is 76.9 Å². The van der Waals surface area contributed by atoms with Crippen LogP contribution in [-0.2, 0) is 11.3 Å². The summed E-state index contributed by atoms with van der Waals surface area (Å²) in [6.07, 6.45) is 1.64. The first kappa shape index (κ1) is 17.8. The predicted octanol–water partition coefficient (Wildman–Crippen LogP) is 3.21. The lowest BCUT2D eigenvalue weighted by molar-refractivity contribution is -0.116. The summed E-state index contributed by atoms with van der Waals surface area (Å²) in [6.45, 7) is 3.37. The number of halogens is 1. The van der Waals surface area contributed by atoms with Crippen LogP contribution in [0.1, 0.15) is 11.4 Å². The zero-order valence-corrected chi connectivity index (χ0v) is 15.1. The Kier molecular flexibility index (Phi) is 5.14. The summed E-state index contributed by atoms with van der Waals surface area (Å²) in [5.74, 6) is 0.115. The maximum absolute atomic E-state index is 12.4. The molecule has 3 rings (SSSR count). The summed E-state index contributed by atoms with van der Waals surface area (Å²) >= 11 is 6.06. The molecule has 6 nitrogen and oxygen atoms in total. The Bertz CT molecular complexity index is 1020. The fraction of sp³-hybridized carbons (Fsp3) is 0.158. The molecular weight excluding hydrogens is 352 g/mol. The molecule has 2 heterocycles. The van der Waals surface area contributed by atoms with Gasteiger partial charge in [0.2, 0.25) is 5.91 Å². The van der Waals surface area contributed by atoms with Crippen molar-refractivity contribution in [1.82, 2.24) is 14.5 Å². The number of nitrogens with zero attached hydrogens (tertiary/aromatic N) is 3. The number of nitrogens with one attached hydrogen (secondary N) is 1. The number of amides is 1. The average Bonchev–Trinajstić information content (AvgIpc) is 2.62. The summed E-state index contributed by atoms with van der Waals surface area (Å²) in [4.78, 5) is 33.4. The molecular formula is C19H17ClN4O2. The van der Waals surface area contributed by atoms with Crippen molar-refractivity contribution in [2.24, 2.45) is 0 Å². The molecule has 0 fully saturated rings. The number of carbonyl (C=O) groups excluding carboxylic acids is 1. The van der Waals surface area contributed by atoms with Gasteiger partial charge >= 0.3 is 0 Å². The molecule has 0 saturated heterocycles. The van der Waals surface area contributed by atoms with E-state index in [-0.39, 0.29) is 18.0 Å². The fourth-order valence-electron chi connectivity index (χ4n) is 2.54. The molecule has 0 aliphatic carbocycles. The normalized spacial score (nSPS) is 10.6. The molecule has 1 amide bonds. The third-order valence-electron chi connectivity index (χ3n) is 3.97. The van der Waals surface area contributed by atoms with Crippen LogP contribution in [0.2, 0.25) is 5.02 Å². The highest BCUT2D eigenvalue weighted by Crippen LogP contribution is 2.22. The molecule has 0 unspecified atom stereocenters. The van der Waals surface area contributed by atoms with Crippen molar-refractivity contribution in [3.63, 3.8) is 0 Å². The van der Waals surface area contributed by atoms with Gasteiger partial charge in [-0.25, -0.2) is 4.98 Å². The average molecular weight is 369 g/mol. The van der Waals surface area contributed by atoms with E-state index in [4.69, 9.17) is 11.6 Å². The van der Waals surface area contributed by atoms with Gasteiger partial charge in [0, 0.05) is 23.0 Å². The number of aromatic nitrogens is 3. The summed E-state index contributed by atoms with van der Waals surface area (Å²) in [5, 5.41) is 3.34. The van der Waals surface area contributed by atoms with E-state index in [1.807, 2.05) is 13.0 Å². The van der Waals surface area contributed by atoms with Crippen molar-refractivity contribution >= 4 is 23.2 Å². The van der Waals surface area contributed by atoms with Crippen LogP contribution in [0.4, 0.5) is 5.69 Å². The molecule has 0 atom stereocenters. The van der Waals surface area contributed by atoms with Gasteiger partial charge in [-0.3, -0.25) is 19.1 Å². The number of hydrogen-bond acceptors (Lipinski definition) is 4. The highest BCUT2D eigenvalue weighted by molar-refractivity contribution is 6.31. The second kappa shape index (κ2) is 7.49. The van der Waals surface area contributed by atoms with Crippen molar-refractivity contribution in [2.45, 2.75) is 20.4 Å². The van der Waals surface area contributed by atoms with Crippen LogP contribution >= 0.6 is 11.6 Å². The summed E-state index contributed by atoms with van der Waals surface area (Å²) < 4.78 is 1.32. The van der Waals surface area contributed by atoms with Crippen LogP contribution in [0.3, 0.4) is 0 Å². The van der Waals surface area contributed by atoms with Gasteiger partial charge in [0.15, 0.2) is 0 Å². The zero-order valence-electron chi connectivity index (χ0n) is 14.4. The number of aryl methyl sites for hydroxylation is 1. The van der Waals surface area contributed by atoms with Crippen LogP contribution in [0.15, 0.2) is 53.5 Å². The number of carbonyl (C=O) groups is 1. The molecule has 0 bridgehead atoms. The molecule has 0 aliphatic rings. The maximum Gasteiger partial charge on any atom is 0.254 e. The first-order chi connectivity index (χ1) is 12.5. The minimum Gasteiger partial charge on any atom is -0.324 e. The van der Waals surface area contributed by atoms with Crippen molar-refractivity contribution < 1.29 is 4.79 Å². The summed E-state index contributed by atoms with van der Waals surface area (Å²) in [6, 6.07) is 12.0. The van der Waals surface area contributed by atoms with E-state index in [1.165, 1.54) is 10.6 Å². The SMILES string of the molecule is Cc1c(Cl)cccc1NC(=O)Cn1c(C)nc(-c2ccccn2)cc1=O. The van der Waals surface area contributed by atoms with Gasteiger partial charge in [-0.05, 0) is 43.7 Å². The first-order valence-electron chi connectivity index (χ1n) is 8.00. The summed E-state index contributed by atoms with van der Waals surface area (Å²) in [7, 11) is 0. The Balaban J connectivity index is 1.83. The number of benzene rings is 1. The van der Waals surface area contributed by atoms with Crippen LogP contribution in [0.25, 0.3) is 11.4 Å². The molecule has 1 N–H and O–H groups in total. The highest BCUT2D eigenvalue weighted by Gasteiger charge is 2.12. The second-order valence-corrected chi connectivity index (χ2v) is 6.20. The molecule has 2 aromatic heterocycles. The van der Waals surface area contributed by atoms with E-state index in [9.17, 15) is 9.59 Å². The molecule has 26 heavy (non-hydrogen) atoms. The minimum absolute atomic E-state index is 0.133. The number of pyridine rings is 1. The standard InChI is InChI=1S/C19H17ClN4O2/c1-12-14(20)6-5-8-15(12)23-18(25)11-24-13(2)22-17(10-19(24)26)16-7-3-4-9-21-16/h3-10H,11H2,1-2H3,(H,23,25). The van der Waals surface area contributed by atoms with E-state index in [0.717, 1.165) is 5.56 Å². The smallest absolute Gasteiger partial charge is 0.254 e. The monoisotopic (exact) mass is 368 g/mol. The zero-order chi connectivity index (χ0) is 18.7. The molecule has 132 valence electrons. The molecule has 0 aliphatic heterocycles. The molecule has 0 spiro atoms. The van der Waals surface area contributed by atoms with Gasteiger partial charge in [0.1, 0.15) is 12.4 Å². The largest absolute Gasteiger partial charge is 0.324 e. The molecule has 0 radical (unpaired) electrons. The van der Waals surface area contributed by atoms with Gasteiger partial charge in [-0.15, -0.1) is 0 Å². The van der Waals surface area contributed by atoms with Crippen LogP contribution in [0, 0.1) is 13.8 Å². The van der Waals surface area contributed by atoms with E-state index in [1.54, 1.807) is 43.5 Å². The maximum atomic E-state index is 12.4. The Morgan fingerprint density at radius 1 is 1.15 bits per heavy atom. The van der Waals surface area contributed by atoms with Gasteiger partial charge in [0.05, 0.1) is 11.4 Å². The lowest BCUT2D eigenvalue weighted by Crippen LogP contribution is -2.30. The lowest BCUT2D eigenvalue weighted by atomic mass is 10.2. The number of anilines is 1. The lowest BCUT2D eigenvalue weighted by Gasteiger charge is -2.12. The predicted molar refractivity (Wildman–Crippen MR) is 101 cm³/mol. The Labute approximate surface area is 155 Å². The molecule has 0 saturated carbocycles. The minimum atomic E-state index is -0.326. The van der Waals surface area contributed by atoms with Gasteiger partial charge in [0.25, 0.3) is 5.56 Å². The Morgan fingerprint density at radius 2 is 1.96 bits per heavy atom. The Morgan fingerprint density at radius 3 is 2.65 bits per heavy atom. The first-order valence-corrected chi connectivity index (χ1v) is 8.38. The van der Waals surface area contributed by atoms with E-state index >= 15 is 0 Å². The van der Waals surface area contributed by atoms with Crippen molar-refractivity contribution in [3.8, 4) is 11.4 Å². The second-order valence-electron chi connectivity index (χ2n) is 5.79. The van der Waals surface area contributed by atoms with Crippen LogP contribution in [0.5, 0.6) is 0 Å². The fourth-order valence-corrected chi connectivity index (χ4v) is 2.71. The van der Waals surface area contributed by atoms with Crippen LogP contribution in [-0.4, -0.2) is 20.4 Å². The third kappa shape index (κ3) is 3.81. The van der Waals surface area contributed by atoms with Crippen molar-refractivity contribution in [3.05, 3.63) is 75.4 Å². The summed E-state index contributed by atoms with van der Waals surface area (Å²) in [5.41, 5.74) is 2.17. The Hall–Kier alpha value is -2.99.